The highest BCUT2D eigenvalue weighted by molar-refractivity contribution is 5.94. The summed E-state index contributed by atoms with van der Waals surface area (Å²) in [6.07, 6.45) is 4.16. The van der Waals surface area contributed by atoms with Gasteiger partial charge >= 0.3 is 12.2 Å². The minimum atomic E-state index is -2.04. The van der Waals surface area contributed by atoms with E-state index < -0.39 is 35.5 Å². The van der Waals surface area contributed by atoms with E-state index in [4.69, 9.17) is 9.47 Å². The molecule has 14 nitrogen and oxygen atoms in total. The maximum absolute atomic E-state index is 15.2. The Bertz CT molecular complexity index is 1490. The van der Waals surface area contributed by atoms with Crippen LogP contribution in [0.3, 0.4) is 0 Å². The summed E-state index contributed by atoms with van der Waals surface area (Å²) in [6.45, 7) is 3.72. The number of urea groups is 1. The molecule has 1 aromatic heterocycles. The third-order valence-corrected chi connectivity index (χ3v) is 7.23. The highest BCUT2D eigenvalue weighted by atomic mass is 127. The SMILES string of the molecule is CCCOC(=O)OC[n+]1cnn(C[C@](O)(c2ccc(F)cc2F)[C@@H](C)N2CCN(c3ccc(N4C=NNN4)cc3)C2=O)c1.[I-]. The quantitative estimate of drug-likeness (QED) is 0.129. The van der Waals surface area contributed by atoms with E-state index >= 15 is 4.39 Å². The third-order valence-electron chi connectivity index (χ3n) is 7.23. The smallest absolute Gasteiger partial charge is 0.511 e. The van der Waals surface area contributed by atoms with Gasteiger partial charge in [-0.05, 0) is 43.7 Å². The standard InChI is InChI=1S/C27H32F2N9O5.HI/c1-3-12-42-26(40)43-18-34-16-31-35(17-34)14-27(41,23-9-4-20(28)13-24(23)29)19(2)36-10-11-37(25(36)39)21-5-7-22(8-6-21)38-15-30-32-33-38;/h4-9,13,15-17,19,32-33,41H,3,10-12,14,18H2,1-2H3;1H/q+1;/p-1/t19-,27-;/m1./s1. The predicted molar refractivity (Wildman–Crippen MR) is 148 cm³/mol. The number of hydrogen-bond acceptors (Lipinski definition) is 10. The number of nitrogens with one attached hydrogen (secondary N) is 2. The van der Waals surface area contributed by atoms with Crippen molar-refractivity contribution in [2.75, 3.05) is 29.6 Å². The molecule has 17 heteroatoms. The maximum atomic E-state index is 15.2. The zero-order chi connectivity index (χ0) is 30.6. The highest BCUT2D eigenvalue weighted by Crippen LogP contribution is 2.35. The maximum Gasteiger partial charge on any atom is 0.511 e. The van der Waals surface area contributed by atoms with Gasteiger partial charge in [0.15, 0.2) is 0 Å². The number of ether oxygens (including phenoxy) is 2. The van der Waals surface area contributed by atoms with E-state index in [0.29, 0.717) is 24.7 Å². The lowest BCUT2D eigenvalue weighted by atomic mass is 9.85. The number of halogens is 3. The number of nitrogens with zero attached hydrogens (tertiary/aromatic N) is 7. The molecule has 0 saturated carbocycles. The number of anilines is 2. The summed E-state index contributed by atoms with van der Waals surface area (Å²) in [4.78, 5) is 28.3. The van der Waals surface area contributed by atoms with E-state index in [1.807, 2.05) is 19.1 Å². The van der Waals surface area contributed by atoms with Crippen LogP contribution in [0.1, 0.15) is 25.8 Å². The number of benzene rings is 2. The van der Waals surface area contributed by atoms with Crippen LogP contribution in [-0.2, 0) is 28.4 Å². The topological polar surface area (TPSA) is 141 Å². The Labute approximate surface area is 268 Å². The summed E-state index contributed by atoms with van der Waals surface area (Å²) < 4.78 is 41.7. The largest absolute Gasteiger partial charge is 1.00 e. The van der Waals surface area contributed by atoms with Crippen LogP contribution < -0.4 is 49.5 Å². The van der Waals surface area contributed by atoms with E-state index in [0.717, 1.165) is 17.8 Å². The zero-order valence-electron chi connectivity index (χ0n) is 23.9. The van der Waals surface area contributed by atoms with Crippen LogP contribution >= 0.6 is 0 Å². The van der Waals surface area contributed by atoms with Crippen molar-refractivity contribution in [3.8, 4) is 0 Å². The average Bonchev–Trinajstić information content (AvgIpc) is 3.76. The van der Waals surface area contributed by atoms with Crippen LogP contribution in [0.15, 0.2) is 60.2 Å². The molecule has 1 saturated heterocycles. The van der Waals surface area contributed by atoms with Crippen molar-refractivity contribution in [1.82, 2.24) is 25.7 Å². The first-order valence-electron chi connectivity index (χ1n) is 13.6. The van der Waals surface area contributed by atoms with E-state index in [2.05, 4.69) is 21.3 Å². The fraction of sp³-hybridized carbons (Fsp3) is 0.370. The predicted octanol–water partition coefficient (Wildman–Crippen LogP) is -1.04. The molecule has 44 heavy (non-hydrogen) atoms. The van der Waals surface area contributed by atoms with Crippen LogP contribution in [-0.4, -0.2) is 64.1 Å². The van der Waals surface area contributed by atoms with E-state index in [9.17, 15) is 19.1 Å². The molecule has 3 aromatic rings. The van der Waals surface area contributed by atoms with Gasteiger partial charge in [0.2, 0.25) is 13.1 Å². The number of rotatable bonds is 11. The molecule has 3 N–H and O–H groups in total. The van der Waals surface area contributed by atoms with Crippen LogP contribution in [0.25, 0.3) is 0 Å². The van der Waals surface area contributed by atoms with Gasteiger partial charge < -0.3 is 43.5 Å². The Hall–Kier alpha value is -4.10. The minimum absolute atomic E-state index is 0. The Morgan fingerprint density at radius 1 is 1.16 bits per heavy atom. The van der Waals surface area contributed by atoms with Gasteiger partial charge in [0, 0.05) is 35.5 Å². The lowest BCUT2D eigenvalue weighted by Gasteiger charge is -2.38. The molecule has 2 aliphatic heterocycles. The van der Waals surface area contributed by atoms with E-state index in [-0.39, 0.29) is 56.0 Å². The van der Waals surface area contributed by atoms with Crippen molar-refractivity contribution < 1.29 is 61.5 Å². The molecule has 2 amide bonds. The third kappa shape index (κ3) is 6.99. The van der Waals surface area contributed by atoms with Gasteiger partial charge in [-0.15, -0.1) is 10.2 Å². The zero-order valence-corrected chi connectivity index (χ0v) is 26.1. The Morgan fingerprint density at radius 3 is 2.59 bits per heavy atom. The number of hydrogen-bond donors (Lipinski definition) is 3. The number of hydrazone groups is 1. The first-order chi connectivity index (χ1) is 20.7. The number of aromatic nitrogens is 3. The molecule has 0 aliphatic carbocycles. The fourth-order valence-corrected chi connectivity index (χ4v) is 4.93. The van der Waals surface area contributed by atoms with Gasteiger partial charge in [-0.2, -0.15) is 5.10 Å². The van der Waals surface area contributed by atoms with E-state index in [1.165, 1.54) is 26.8 Å². The minimum Gasteiger partial charge on any atom is -1.00 e. The molecular weight excluding hydrogens is 695 g/mol. The molecule has 5 rings (SSSR count). The molecule has 0 unspecified atom stereocenters. The van der Waals surface area contributed by atoms with Gasteiger partial charge in [0.1, 0.15) is 30.1 Å². The molecule has 236 valence electrons. The van der Waals surface area contributed by atoms with Crippen LogP contribution in [0.5, 0.6) is 0 Å². The van der Waals surface area contributed by atoms with Gasteiger partial charge in [-0.25, -0.2) is 33.5 Å². The number of aliphatic hydroxyl groups is 1. The van der Waals surface area contributed by atoms with Crippen molar-refractivity contribution in [3.63, 3.8) is 0 Å². The molecule has 1 fully saturated rings. The van der Waals surface area contributed by atoms with Gasteiger partial charge in [-0.1, -0.05) is 13.0 Å². The molecular formula is C27H32F2IN9O5. The fourth-order valence-electron chi connectivity index (χ4n) is 4.93. The first kappa shape index (κ1) is 32.8. The molecule has 2 aliphatic rings. The molecule has 0 bridgehead atoms. The second-order valence-electron chi connectivity index (χ2n) is 10.0. The molecule has 3 heterocycles. The van der Waals surface area contributed by atoms with Crippen LogP contribution in [0, 0.1) is 11.6 Å². The normalized spacial score (nSPS) is 16.4. The summed E-state index contributed by atoms with van der Waals surface area (Å²) in [7, 11) is 0. The Morgan fingerprint density at radius 2 is 1.91 bits per heavy atom. The van der Waals surface area contributed by atoms with Gasteiger partial charge in [0.25, 0.3) is 6.33 Å². The van der Waals surface area contributed by atoms with Crippen molar-refractivity contribution in [1.29, 1.82) is 0 Å². The summed E-state index contributed by atoms with van der Waals surface area (Å²) in [5.41, 5.74) is 4.62. The lowest BCUT2D eigenvalue weighted by Crippen LogP contribution is -3.00. The van der Waals surface area contributed by atoms with Crippen molar-refractivity contribution in [2.45, 2.75) is 45.2 Å². The summed E-state index contributed by atoms with van der Waals surface area (Å²) in [5.74, 6) is -1.78. The van der Waals surface area contributed by atoms with Crippen LogP contribution in [0.2, 0.25) is 0 Å². The molecule has 2 aromatic carbocycles. The lowest BCUT2D eigenvalue weighted by molar-refractivity contribution is -0.728. The number of amides is 2. The summed E-state index contributed by atoms with van der Waals surface area (Å²) in [5, 5.41) is 21.8. The first-order valence-corrected chi connectivity index (χ1v) is 13.6. The van der Waals surface area contributed by atoms with Gasteiger partial charge in [-0.3, -0.25) is 4.90 Å². The van der Waals surface area contributed by atoms with E-state index in [1.54, 1.807) is 35.3 Å². The number of hydrazine groups is 2. The highest BCUT2D eigenvalue weighted by Gasteiger charge is 2.47. The Balaban J connectivity index is 0.00000442. The average molecular weight is 728 g/mol. The monoisotopic (exact) mass is 727 g/mol. The van der Waals surface area contributed by atoms with Gasteiger partial charge in [0.05, 0.1) is 18.3 Å². The number of carbonyl (C=O) groups excluding carboxylic acids is 2. The Kier molecular flexibility index (Phi) is 10.5. The second kappa shape index (κ2) is 14.1. The molecule has 0 spiro atoms. The second-order valence-corrected chi connectivity index (χ2v) is 10.0. The van der Waals surface area contributed by atoms with Crippen molar-refractivity contribution >= 4 is 29.9 Å². The van der Waals surface area contributed by atoms with Crippen LogP contribution in [0.4, 0.5) is 29.7 Å². The molecule has 2 atom stereocenters. The summed E-state index contributed by atoms with van der Waals surface area (Å²) >= 11 is 0. The summed E-state index contributed by atoms with van der Waals surface area (Å²) in [6, 6.07) is 8.71. The van der Waals surface area contributed by atoms with Crippen molar-refractivity contribution in [2.24, 2.45) is 5.10 Å². The van der Waals surface area contributed by atoms with Crippen molar-refractivity contribution in [3.05, 3.63) is 72.3 Å². The molecule has 0 radical (unpaired) electrons. The number of carbonyl (C=O) groups is 2.